The van der Waals surface area contributed by atoms with Crippen molar-refractivity contribution < 1.29 is 14.7 Å². The fraction of sp³-hybridized carbons (Fsp3) is 0.391. The Hall–Kier alpha value is -2.46. The lowest BCUT2D eigenvalue weighted by Crippen LogP contribution is -2.43. The third-order valence-electron chi connectivity index (χ3n) is 5.29. The minimum Gasteiger partial charge on any atom is -0.392 e. The summed E-state index contributed by atoms with van der Waals surface area (Å²) in [5.41, 5.74) is 2.96. The van der Waals surface area contributed by atoms with Crippen molar-refractivity contribution in [2.75, 3.05) is 13.1 Å². The van der Waals surface area contributed by atoms with Gasteiger partial charge in [0.25, 0.3) is 0 Å². The number of aliphatic hydroxyl groups excluding tert-OH is 1. The van der Waals surface area contributed by atoms with E-state index in [1.54, 1.807) is 0 Å². The molecule has 1 N–H and O–H groups in total. The van der Waals surface area contributed by atoms with Crippen molar-refractivity contribution in [2.45, 2.75) is 38.7 Å². The molecule has 0 aliphatic carbocycles. The molecule has 0 bridgehead atoms. The van der Waals surface area contributed by atoms with Crippen LogP contribution in [-0.2, 0) is 29.0 Å². The predicted octanol–water partition coefficient (Wildman–Crippen LogP) is 3.16. The summed E-state index contributed by atoms with van der Waals surface area (Å²) in [5, 5.41) is 9.10. The molecule has 3 rings (SSSR count). The highest BCUT2D eigenvalue weighted by atomic mass is 16.3. The second kappa shape index (κ2) is 9.47. The molecule has 1 heterocycles. The van der Waals surface area contributed by atoms with Gasteiger partial charge in [0.2, 0.25) is 5.91 Å². The molecule has 2 aromatic rings. The third-order valence-corrected chi connectivity index (χ3v) is 5.29. The van der Waals surface area contributed by atoms with Gasteiger partial charge >= 0.3 is 0 Å². The lowest BCUT2D eigenvalue weighted by Gasteiger charge is -2.32. The molecule has 0 saturated carbocycles. The number of benzene rings is 2. The number of aryl methyl sites for hydroxylation is 1. The van der Waals surface area contributed by atoms with E-state index < -0.39 is 0 Å². The number of Topliss-reactive ketones (excluding diaryl/α,β-unsaturated/α-hetero) is 1. The molecule has 1 fully saturated rings. The van der Waals surface area contributed by atoms with Crippen LogP contribution < -0.4 is 0 Å². The molecule has 4 nitrogen and oxygen atoms in total. The first-order valence-electron chi connectivity index (χ1n) is 9.69. The van der Waals surface area contributed by atoms with Crippen LogP contribution in [0.2, 0.25) is 0 Å². The highest BCUT2D eigenvalue weighted by Gasteiger charge is 2.27. The maximum absolute atomic E-state index is 12.6. The number of carbonyl (C=O) groups excluding carboxylic acids is 2. The van der Waals surface area contributed by atoms with E-state index in [1.807, 2.05) is 59.5 Å². The van der Waals surface area contributed by atoms with Gasteiger partial charge in [0.05, 0.1) is 13.0 Å². The lowest BCUT2D eigenvalue weighted by atomic mass is 9.90. The number of amides is 1. The van der Waals surface area contributed by atoms with E-state index in [-0.39, 0.29) is 24.2 Å². The van der Waals surface area contributed by atoms with E-state index in [0.717, 1.165) is 36.9 Å². The number of hydrogen-bond acceptors (Lipinski definition) is 3. The van der Waals surface area contributed by atoms with Crippen LogP contribution in [0.25, 0.3) is 0 Å². The van der Waals surface area contributed by atoms with Crippen LogP contribution in [0.15, 0.2) is 54.6 Å². The number of rotatable bonds is 7. The molecule has 4 heteroatoms. The van der Waals surface area contributed by atoms with Gasteiger partial charge in [-0.1, -0.05) is 54.6 Å². The quantitative estimate of drug-likeness (QED) is 0.820. The van der Waals surface area contributed by atoms with Crippen LogP contribution in [0.1, 0.15) is 36.0 Å². The average molecular weight is 365 g/mol. The van der Waals surface area contributed by atoms with Crippen LogP contribution in [-0.4, -0.2) is 34.8 Å². The van der Waals surface area contributed by atoms with Gasteiger partial charge in [0.15, 0.2) is 0 Å². The van der Waals surface area contributed by atoms with Gasteiger partial charge in [-0.25, -0.2) is 0 Å². The molecule has 2 aromatic carbocycles. The molecule has 1 saturated heterocycles. The SMILES string of the molecule is O=C(CCc1ccccc1)[C@H]1CCCN(C(=O)Cc2ccc(CO)cc2)C1. The second-order valence-electron chi connectivity index (χ2n) is 7.28. The summed E-state index contributed by atoms with van der Waals surface area (Å²) in [5.74, 6) is 0.305. The van der Waals surface area contributed by atoms with Gasteiger partial charge in [-0.15, -0.1) is 0 Å². The molecular weight excluding hydrogens is 338 g/mol. The molecule has 1 amide bonds. The summed E-state index contributed by atoms with van der Waals surface area (Å²) in [7, 11) is 0. The van der Waals surface area contributed by atoms with Gasteiger partial charge in [-0.05, 0) is 36.0 Å². The topological polar surface area (TPSA) is 57.6 Å². The van der Waals surface area contributed by atoms with Crippen molar-refractivity contribution in [1.82, 2.24) is 4.90 Å². The van der Waals surface area contributed by atoms with Crippen molar-refractivity contribution in [2.24, 2.45) is 5.92 Å². The van der Waals surface area contributed by atoms with Crippen LogP contribution in [0, 0.1) is 5.92 Å². The van der Waals surface area contributed by atoms with E-state index in [4.69, 9.17) is 5.11 Å². The van der Waals surface area contributed by atoms with E-state index >= 15 is 0 Å². The summed E-state index contributed by atoms with van der Waals surface area (Å²) in [6.07, 6.45) is 3.41. The van der Waals surface area contributed by atoms with Crippen LogP contribution in [0.3, 0.4) is 0 Å². The van der Waals surface area contributed by atoms with E-state index in [0.29, 0.717) is 19.4 Å². The Morgan fingerprint density at radius 1 is 0.963 bits per heavy atom. The Bertz CT molecular complexity index is 755. The number of ketones is 1. The Balaban J connectivity index is 1.51. The maximum atomic E-state index is 12.6. The standard InChI is InChI=1S/C23H27NO3/c25-17-20-10-8-19(9-11-20)15-23(27)24-14-4-7-21(16-24)22(26)13-12-18-5-2-1-3-6-18/h1-3,5-6,8-11,21,25H,4,7,12-17H2/t21-/m0/s1. The molecule has 0 radical (unpaired) electrons. The molecule has 0 aromatic heterocycles. The van der Waals surface area contributed by atoms with Gasteiger partial charge in [0, 0.05) is 25.4 Å². The lowest BCUT2D eigenvalue weighted by molar-refractivity contribution is -0.134. The number of likely N-dealkylation sites (tertiary alicyclic amines) is 1. The van der Waals surface area contributed by atoms with E-state index in [1.165, 1.54) is 5.56 Å². The van der Waals surface area contributed by atoms with Gasteiger partial charge < -0.3 is 10.0 Å². The minimum atomic E-state index is -0.0387. The summed E-state index contributed by atoms with van der Waals surface area (Å²) in [6, 6.07) is 17.5. The molecule has 1 aliphatic heterocycles. The minimum absolute atomic E-state index is 0.00707. The fourth-order valence-corrected chi connectivity index (χ4v) is 3.63. The number of hydrogen-bond donors (Lipinski definition) is 1. The zero-order valence-electron chi connectivity index (χ0n) is 15.6. The van der Waals surface area contributed by atoms with Crippen LogP contribution in [0.5, 0.6) is 0 Å². The predicted molar refractivity (Wildman–Crippen MR) is 105 cm³/mol. The Kier molecular flexibility index (Phi) is 6.77. The largest absolute Gasteiger partial charge is 0.392 e. The van der Waals surface area contributed by atoms with Crippen LogP contribution in [0.4, 0.5) is 0 Å². The molecule has 27 heavy (non-hydrogen) atoms. The number of carbonyl (C=O) groups is 2. The van der Waals surface area contributed by atoms with E-state index in [2.05, 4.69) is 0 Å². The Morgan fingerprint density at radius 3 is 2.37 bits per heavy atom. The monoisotopic (exact) mass is 365 g/mol. The molecular formula is C23H27NO3. The molecule has 142 valence electrons. The Morgan fingerprint density at radius 2 is 1.67 bits per heavy atom. The van der Waals surface area contributed by atoms with Crippen molar-refractivity contribution >= 4 is 11.7 Å². The first-order valence-corrected chi connectivity index (χ1v) is 9.69. The third kappa shape index (κ3) is 5.51. The highest BCUT2D eigenvalue weighted by molar-refractivity contribution is 5.83. The second-order valence-corrected chi connectivity index (χ2v) is 7.28. The van der Waals surface area contributed by atoms with Crippen molar-refractivity contribution in [3.05, 3.63) is 71.3 Å². The molecule has 1 aliphatic rings. The number of piperidine rings is 1. The number of nitrogens with zero attached hydrogens (tertiary/aromatic N) is 1. The van der Waals surface area contributed by atoms with E-state index in [9.17, 15) is 9.59 Å². The first kappa shape index (κ1) is 19.3. The average Bonchev–Trinajstić information content (AvgIpc) is 2.73. The fourth-order valence-electron chi connectivity index (χ4n) is 3.63. The smallest absolute Gasteiger partial charge is 0.227 e. The Labute approximate surface area is 160 Å². The van der Waals surface area contributed by atoms with Crippen molar-refractivity contribution in [3.63, 3.8) is 0 Å². The van der Waals surface area contributed by atoms with Gasteiger partial charge in [-0.3, -0.25) is 9.59 Å². The zero-order chi connectivity index (χ0) is 19.1. The summed E-state index contributed by atoms with van der Waals surface area (Å²) in [4.78, 5) is 27.1. The summed E-state index contributed by atoms with van der Waals surface area (Å²) >= 11 is 0. The van der Waals surface area contributed by atoms with Gasteiger partial charge in [0.1, 0.15) is 5.78 Å². The van der Waals surface area contributed by atoms with Crippen molar-refractivity contribution in [1.29, 1.82) is 0 Å². The van der Waals surface area contributed by atoms with Crippen LogP contribution >= 0.6 is 0 Å². The normalized spacial score (nSPS) is 16.9. The van der Waals surface area contributed by atoms with Gasteiger partial charge in [-0.2, -0.15) is 0 Å². The zero-order valence-corrected chi connectivity index (χ0v) is 15.6. The number of aliphatic hydroxyl groups is 1. The summed E-state index contributed by atoms with van der Waals surface area (Å²) < 4.78 is 0. The summed E-state index contributed by atoms with van der Waals surface area (Å²) in [6.45, 7) is 1.28. The molecule has 0 spiro atoms. The molecule has 0 unspecified atom stereocenters. The highest BCUT2D eigenvalue weighted by Crippen LogP contribution is 2.20. The first-order chi connectivity index (χ1) is 13.2. The maximum Gasteiger partial charge on any atom is 0.227 e. The molecule has 1 atom stereocenters. The van der Waals surface area contributed by atoms with Crippen molar-refractivity contribution in [3.8, 4) is 0 Å².